The highest BCUT2D eigenvalue weighted by Crippen LogP contribution is 2.33. The molecule has 2 heterocycles. The number of aromatic nitrogens is 3. The number of nitrogens with zero attached hydrogens (tertiary/aromatic N) is 4. The maximum Gasteiger partial charge on any atom is 0.240 e. The molecule has 3 aromatic rings. The van der Waals surface area contributed by atoms with E-state index in [4.69, 9.17) is 5.73 Å². The third kappa shape index (κ3) is 2.37. The molecular weight excluding hydrogens is 302 g/mol. The van der Waals surface area contributed by atoms with Gasteiger partial charge in [0.1, 0.15) is 0 Å². The van der Waals surface area contributed by atoms with E-state index in [-0.39, 0.29) is 5.95 Å². The van der Waals surface area contributed by atoms with Crippen LogP contribution in [0.3, 0.4) is 0 Å². The van der Waals surface area contributed by atoms with Gasteiger partial charge in [-0.2, -0.15) is 4.98 Å². The predicted octanol–water partition coefficient (Wildman–Crippen LogP) is 1.37. The largest absolute Gasteiger partial charge is 0.366 e. The summed E-state index contributed by atoms with van der Waals surface area (Å²) in [5, 5.41) is 4.07. The number of hydrogen-bond acceptors (Lipinski definition) is 5. The summed E-state index contributed by atoms with van der Waals surface area (Å²) < 4.78 is 26.5. The second-order valence-corrected chi connectivity index (χ2v) is 6.92. The Labute approximate surface area is 128 Å². The van der Waals surface area contributed by atoms with E-state index in [9.17, 15) is 8.42 Å². The van der Waals surface area contributed by atoms with Crippen LogP contribution in [0.5, 0.6) is 0 Å². The summed E-state index contributed by atoms with van der Waals surface area (Å²) in [6.07, 6.45) is 2.91. The van der Waals surface area contributed by atoms with Crippen molar-refractivity contribution in [1.29, 1.82) is 0 Å². The number of hydrogen-bond donors (Lipinski definition) is 1. The molecule has 0 saturated heterocycles. The molecule has 0 saturated carbocycles. The van der Waals surface area contributed by atoms with Gasteiger partial charge in [0.15, 0.2) is 5.65 Å². The van der Waals surface area contributed by atoms with Gasteiger partial charge < -0.3 is 5.73 Å². The zero-order chi connectivity index (χ0) is 15.9. The van der Waals surface area contributed by atoms with Gasteiger partial charge in [-0.3, -0.25) is 4.31 Å². The molecule has 3 rings (SSSR count). The van der Waals surface area contributed by atoms with Crippen molar-refractivity contribution in [1.82, 2.24) is 14.6 Å². The van der Waals surface area contributed by atoms with Crippen LogP contribution in [-0.2, 0) is 10.0 Å². The number of benzene rings is 1. The fraction of sp³-hybridized carbons (Fsp3) is 0.143. The minimum atomic E-state index is -3.37. The van der Waals surface area contributed by atoms with E-state index >= 15 is 0 Å². The summed E-state index contributed by atoms with van der Waals surface area (Å²) in [5.74, 6) is 0.168. The maximum absolute atomic E-state index is 11.9. The Morgan fingerprint density at radius 2 is 1.82 bits per heavy atom. The van der Waals surface area contributed by atoms with E-state index in [1.54, 1.807) is 22.8 Å². The van der Waals surface area contributed by atoms with E-state index in [1.165, 1.54) is 17.6 Å². The third-order valence-electron chi connectivity index (χ3n) is 3.41. The molecule has 0 bridgehead atoms. The Hall–Kier alpha value is -2.61. The molecule has 0 amide bonds. The van der Waals surface area contributed by atoms with Crippen LogP contribution in [0.2, 0.25) is 0 Å². The molecule has 0 aliphatic heterocycles. The maximum atomic E-state index is 11.9. The van der Waals surface area contributed by atoms with E-state index in [0.29, 0.717) is 11.3 Å². The molecule has 0 radical (unpaired) electrons. The number of nitrogen functional groups attached to an aromatic ring is 1. The fourth-order valence-corrected chi connectivity index (χ4v) is 2.80. The van der Waals surface area contributed by atoms with Crippen LogP contribution in [0.1, 0.15) is 0 Å². The topological polar surface area (TPSA) is 93.6 Å². The molecule has 0 fully saturated rings. The molecule has 2 aromatic heterocycles. The minimum Gasteiger partial charge on any atom is -0.366 e. The standard InChI is InChI=1S/C14H15N5O2S/c1-18(22(2,20)21)12-8-4-3-6-10(12)11-7-5-9-19-13(11)16-14(15)17-19/h3-9H,1-2H3,(H2,15,17). The highest BCUT2D eigenvalue weighted by Gasteiger charge is 2.18. The van der Waals surface area contributed by atoms with Crippen molar-refractivity contribution in [3.63, 3.8) is 0 Å². The van der Waals surface area contributed by atoms with Crippen molar-refractivity contribution in [3.05, 3.63) is 42.6 Å². The van der Waals surface area contributed by atoms with Gasteiger partial charge in [0, 0.05) is 24.4 Å². The van der Waals surface area contributed by atoms with Crippen molar-refractivity contribution in [2.45, 2.75) is 0 Å². The summed E-state index contributed by atoms with van der Waals surface area (Å²) in [5.41, 5.74) is 8.31. The summed E-state index contributed by atoms with van der Waals surface area (Å²) in [6, 6.07) is 10.9. The molecular formula is C14H15N5O2S. The Morgan fingerprint density at radius 3 is 2.55 bits per heavy atom. The van der Waals surface area contributed by atoms with Crippen molar-refractivity contribution >= 4 is 27.3 Å². The number of para-hydroxylation sites is 1. The van der Waals surface area contributed by atoms with Crippen LogP contribution in [-0.4, -0.2) is 36.3 Å². The second kappa shape index (κ2) is 4.99. The molecule has 2 N–H and O–H groups in total. The quantitative estimate of drug-likeness (QED) is 0.787. The lowest BCUT2D eigenvalue weighted by molar-refractivity contribution is 0.600. The number of pyridine rings is 1. The first-order valence-corrected chi connectivity index (χ1v) is 8.37. The first kappa shape index (κ1) is 14.3. The van der Waals surface area contributed by atoms with Crippen LogP contribution >= 0.6 is 0 Å². The highest BCUT2D eigenvalue weighted by atomic mass is 32.2. The van der Waals surface area contributed by atoms with Gasteiger partial charge in [0.25, 0.3) is 0 Å². The summed E-state index contributed by atoms with van der Waals surface area (Å²) in [7, 11) is -1.85. The number of rotatable bonds is 3. The van der Waals surface area contributed by atoms with Crippen molar-refractivity contribution in [2.24, 2.45) is 0 Å². The lowest BCUT2D eigenvalue weighted by Gasteiger charge is -2.20. The van der Waals surface area contributed by atoms with Crippen molar-refractivity contribution < 1.29 is 8.42 Å². The van der Waals surface area contributed by atoms with Gasteiger partial charge in [0.2, 0.25) is 16.0 Å². The van der Waals surface area contributed by atoms with Gasteiger partial charge in [-0.05, 0) is 18.2 Å². The zero-order valence-electron chi connectivity index (χ0n) is 12.1. The molecule has 0 atom stereocenters. The number of nitrogens with two attached hydrogens (primary N) is 1. The molecule has 22 heavy (non-hydrogen) atoms. The predicted molar refractivity (Wildman–Crippen MR) is 86.1 cm³/mol. The Kier molecular flexibility index (Phi) is 3.25. The summed E-state index contributed by atoms with van der Waals surface area (Å²) in [4.78, 5) is 4.21. The average molecular weight is 317 g/mol. The Bertz CT molecular complexity index is 949. The van der Waals surface area contributed by atoms with Gasteiger partial charge in [-0.1, -0.05) is 18.2 Å². The molecule has 0 aliphatic rings. The van der Waals surface area contributed by atoms with Crippen LogP contribution in [0.25, 0.3) is 16.8 Å². The fourth-order valence-electron chi connectivity index (χ4n) is 2.29. The highest BCUT2D eigenvalue weighted by molar-refractivity contribution is 7.92. The smallest absolute Gasteiger partial charge is 0.240 e. The molecule has 0 unspecified atom stereocenters. The minimum absolute atomic E-state index is 0.168. The normalized spacial score (nSPS) is 11.7. The molecule has 0 spiro atoms. The lowest BCUT2D eigenvalue weighted by Crippen LogP contribution is -2.25. The average Bonchev–Trinajstić information content (AvgIpc) is 2.85. The Morgan fingerprint density at radius 1 is 1.14 bits per heavy atom. The number of sulfonamides is 1. The summed E-state index contributed by atoms with van der Waals surface area (Å²) in [6.45, 7) is 0. The molecule has 0 aliphatic carbocycles. The van der Waals surface area contributed by atoms with Crippen LogP contribution in [0.15, 0.2) is 42.6 Å². The van der Waals surface area contributed by atoms with E-state index in [0.717, 1.165) is 11.1 Å². The van der Waals surface area contributed by atoms with E-state index in [2.05, 4.69) is 10.1 Å². The first-order chi connectivity index (χ1) is 10.4. The van der Waals surface area contributed by atoms with Crippen molar-refractivity contribution in [3.8, 4) is 11.1 Å². The molecule has 114 valence electrons. The first-order valence-electron chi connectivity index (χ1n) is 6.52. The molecule has 7 nitrogen and oxygen atoms in total. The van der Waals surface area contributed by atoms with Crippen molar-refractivity contribution in [2.75, 3.05) is 23.3 Å². The summed E-state index contributed by atoms with van der Waals surface area (Å²) >= 11 is 0. The van der Waals surface area contributed by atoms with E-state index < -0.39 is 10.0 Å². The second-order valence-electron chi connectivity index (χ2n) is 4.91. The van der Waals surface area contributed by atoms with Gasteiger partial charge >= 0.3 is 0 Å². The van der Waals surface area contributed by atoms with Gasteiger partial charge in [0.05, 0.1) is 11.9 Å². The monoisotopic (exact) mass is 317 g/mol. The van der Waals surface area contributed by atoms with E-state index in [1.807, 2.05) is 24.3 Å². The van der Waals surface area contributed by atoms with Crippen LogP contribution in [0.4, 0.5) is 11.6 Å². The number of fused-ring (bicyclic) bond motifs is 1. The van der Waals surface area contributed by atoms with Crippen LogP contribution in [0, 0.1) is 0 Å². The third-order valence-corrected chi connectivity index (χ3v) is 4.60. The number of anilines is 2. The Balaban J connectivity index is 2.28. The van der Waals surface area contributed by atoms with Gasteiger partial charge in [-0.15, -0.1) is 5.10 Å². The lowest BCUT2D eigenvalue weighted by atomic mass is 10.1. The van der Waals surface area contributed by atoms with Crippen LogP contribution < -0.4 is 10.0 Å². The zero-order valence-corrected chi connectivity index (χ0v) is 12.9. The molecule has 8 heteroatoms. The SMILES string of the molecule is CN(c1ccccc1-c1cccn2nc(N)nc12)S(C)(=O)=O. The van der Waals surface area contributed by atoms with Gasteiger partial charge in [-0.25, -0.2) is 12.9 Å². The molecule has 1 aromatic carbocycles.